The lowest BCUT2D eigenvalue weighted by atomic mass is 10.1. The molecule has 172 valence electrons. The summed E-state index contributed by atoms with van der Waals surface area (Å²) in [5.74, 6) is 1.60. The number of guanidine groups is 1. The number of aromatic nitrogens is 2. The smallest absolute Gasteiger partial charge is 0.191 e. The van der Waals surface area contributed by atoms with Gasteiger partial charge in [-0.25, -0.2) is 0 Å². The topological polar surface area (TPSA) is 74.3 Å². The van der Waals surface area contributed by atoms with Crippen LogP contribution in [-0.4, -0.2) is 29.5 Å². The molecule has 0 spiro atoms. The summed E-state index contributed by atoms with van der Waals surface area (Å²) in [5.41, 5.74) is 5.79. The summed E-state index contributed by atoms with van der Waals surface area (Å²) in [5, 5.41) is 8.06. The monoisotopic (exact) mass is 555 g/mol. The van der Waals surface area contributed by atoms with Gasteiger partial charge in [0.05, 0.1) is 5.69 Å². The average Bonchev–Trinajstić information content (AvgIpc) is 3.22. The Morgan fingerprint density at radius 3 is 2.79 bits per heavy atom. The lowest BCUT2D eigenvalue weighted by Gasteiger charge is -2.13. The van der Waals surface area contributed by atoms with E-state index in [-0.39, 0.29) is 24.0 Å². The Balaban J connectivity index is 0.00000306. The molecule has 7 heteroatoms. The number of pyridine rings is 1. The number of hydrogen-bond acceptors (Lipinski definition) is 3. The Bertz CT molecular complexity index is 1190. The van der Waals surface area contributed by atoms with Gasteiger partial charge in [-0.05, 0) is 60.4 Å². The lowest BCUT2D eigenvalue weighted by Crippen LogP contribution is -2.37. The van der Waals surface area contributed by atoms with Crippen LogP contribution in [-0.2, 0) is 19.6 Å². The third-order valence-electron chi connectivity index (χ3n) is 5.30. The van der Waals surface area contributed by atoms with Gasteiger partial charge < -0.3 is 20.4 Å². The Morgan fingerprint density at radius 1 is 1.06 bits per heavy atom. The molecule has 0 fully saturated rings. The molecule has 4 aromatic rings. The molecule has 4 rings (SSSR count). The van der Waals surface area contributed by atoms with Crippen molar-refractivity contribution in [3.8, 4) is 5.75 Å². The van der Waals surface area contributed by atoms with Crippen LogP contribution in [0.5, 0.6) is 5.75 Å². The summed E-state index contributed by atoms with van der Waals surface area (Å²) >= 11 is 0. The molecule has 6 nitrogen and oxygen atoms in total. The number of aromatic amines is 1. The molecule has 0 aliphatic carbocycles. The molecule has 2 aromatic carbocycles. The Hall–Kier alpha value is -3.07. The molecular formula is C26H30IN5O. The fourth-order valence-corrected chi connectivity index (χ4v) is 3.61. The van der Waals surface area contributed by atoms with Crippen LogP contribution in [0, 0.1) is 6.92 Å². The van der Waals surface area contributed by atoms with Crippen LogP contribution < -0.4 is 15.4 Å². The van der Waals surface area contributed by atoms with Gasteiger partial charge in [-0.1, -0.05) is 30.3 Å². The number of halogens is 1. The number of H-pyrrole nitrogens is 1. The van der Waals surface area contributed by atoms with E-state index in [0.29, 0.717) is 13.2 Å². The highest BCUT2D eigenvalue weighted by Gasteiger charge is 2.05. The molecule has 0 aliphatic rings. The lowest BCUT2D eigenvalue weighted by molar-refractivity contribution is 0.301. The van der Waals surface area contributed by atoms with Crippen molar-refractivity contribution < 1.29 is 4.74 Å². The molecule has 0 atom stereocenters. The van der Waals surface area contributed by atoms with E-state index >= 15 is 0 Å². The van der Waals surface area contributed by atoms with Gasteiger partial charge in [0.25, 0.3) is 0 Å². The zero-order valence-electron chi connectivity index (χ0n) is 19.0. The predicted octanol–water partition coefficient (Wildman–Crippen LogP) is 4.98. The van der Waals surface area contributed by atoms with Gasteiger partial charge in [0, 0.05) is 43.4 Å². The maximum Gasteiger partial charge on any atom is 0.191 e. The first kappa shape index (κ1) is 24.6. The third kappa shape index (κ3) is 6.95. The maximum atomic E-state index is 5.88. The fourth-order valence-electron chi connectivity index (χ4n) is 3.61. The number of rotatable bonds is 8. The van der Waals surface area contributed by atoms with Crippen LogP contribution in [0.4, 0.5) is 0 Å². The standard InChI is InChI=1S/C26H29N5O.HI/c1-19-9-10-24-21(17-30-25(24)14-19)11-13-29-26(27-2)31-16-20-6-5-8-23(15-20)32-18-22-7-3-4-12-28-22;/h3-10,12,14-15,17,30H,11,13,16,18H2,1-2H3,(H2,27,29,31);1H. The molecule has 0 radical (unpaired) electrons. The van der Waals surface area contributed by atoms with Crippen LogP contribution in [0.25, 0.3) is 10.9 Å². The summed E-state index contributed by atoms with van der Waals surface area (Å²) in [6.07, 6.45) is 4.79. The van der Waals surface area contributed by atoms with Crippen LogP contribution >= 0.6 is 24.0 Å². The molecule has 3 N–H and O–H groups in total. The first-order chi connectivity index (χ1) is 15.7. The second-order valence-corrected chi connectivity index (χ2v) is 7.72. The number of hydrogen-bond donors (Lipinski definition) is 3. The zero-order valence-corrected chi connectivity index (χ0v) is 21.3. The van der Waals surface area contributed by atoms with Gasteiger partial charge in [0.1, 0.15) is 12.4 Å². The number of fused-ring (bicyclic) bond motifs is 1. The van der Waals surface area contributed by atoms with E-state index in [1.165, 1.54) is 22.0 Å². The maximum absolute atomic E-state index is 5.88. The van der Waals surface area contributed by atoms with Crippen molar-refractivity contribution in [3.63, 3.8) is 0 Å². The molecule has 0 aliphatic heterocycles. The quantitative estimate of drug-likeness (QED) is 0.163. The molecular weight excluding hydrogens is 525 g/mol. The highest BCUT2D eigenvalue weighted by Crippen LogP contribution is 2.19. The largest absolute Gasteiger partial charge is 0.487 e. The zero-order chi connectivity index (χ0) is 22.2. The third-order valence-corrected chi connectivity index (χ3v) is 5.30. The Morgan fingerprint density at radius 2 is 1.97 bits per heavy atom. The number of benzene rings is 2. The van der Waals surface area contributed by atoms with Crippen molar-refractivity contribution in [1.82, 2.24) is 20.6 Å². The minimum atomic E-state index is 0. The molecule has 0 amide bonds. The summed E-state index contributed by atoms with van der Waals surface area (Å²) < 4.78 is 5.88. The van der Waals surface area contributed by atoms with E-state index in [0.717, 1.165) is 35.9 Å². The molecule has 0 bridgehead atoms. The first-order valence-corrected chi connectivity index (χ1v) is 10.8. The summed E-state index contributed by atoms with van der Waals surface area (Å²) in [7, 11) is 1.79. The van der Waals surface area contributed by atoms with E-state index in [4.69, 9.17) is 4.74 Å². The minimum Gasteiger partial charge on any atom is -0.487 e. The Kier molecular flexibility index (Phi) is 9.12. The second-order valence-electron chi connectivity index (χ2n) is 7.72. The van der Waals surface area contributed by atoms with Crippen molar-refractivity contribution in [3.05, 3.63) is 95.4 Å². The highest BCUT2D eigenvalue weighted by atomic mass is 127. The fraction of sp³-hybridized carbons (Fsp3) is 0.231. The molecule has 2 heterocycles. The molecule has 33 heavy (non-hydrogen) atoms. The summed E-state index contributed by atoms with van der Waals surface area (Å²) in [4.78, 5) is 12.0. The number of aliphatic imine (C=N–C) groups is 1. The number of ether oxygens (including phenoxy) is 1. The summed E-state index contributed by atoms with van der Waals surface area (Å²) in [6.45, 7) is 4.02. The van der Waals surface area contributed by atoms with Crippen LogP contribution in [0.1, 0.15) is 22.4 Å². The van der Waals surface area contributed by atoms with Gasteiger partial charge in [-0.2, -0.15) is 0 Å². The molecule has 2 aromatic heterocycles. The van der Waals surface area contributed by atoms with Crippen molar-refractivity contribution in [2.75, 3.05) is 13.6 Å². The van der Waals surface area contributed by atoms with Gasteiger partial charge in [0.15, 0.2) is 5.96 Å². The van der Waals surface area contributed by atoms with Gasteiger partial charge in [0.2, 0.25) is 0 Å². The van der Waals surface area contributed by atoms with Gasteiger partial charge in [-0.3, -0.25) is 9.98 Å². The van der Waals surface area contributed by atoms with Gasteiger partial charge in [-0.15, -0.1) is 24.0 Å². The number of aryl methyl sites for hydroxylation is 1. The molecule has 0 saturated carbocycles. The number of nitrogens with one attached hydrogen (secondary N) is 3. The molecule has 0 unspecified atom stereocenters. The van der Waals surface area contributed by atoms with E-state index in [1.54, 1.807) is 13.2 Å². The SMILES string of the molecule is CN=C(NCCc1c[nH]c2cc(C)ccc12)NCc1cccc(OCc2ccccn2)c1.I. The van der Waals surface area contributed by atoms with E-state index in [9.17, 15) is 0 Å². The molecule has 0 saturated heterocycles. The second kappa shape index (κ2) is 12.2. The van der Waals surface area contributed by atoms with Crippen molar-refractivity contribution in [2.45, 2.75) is 26.5 Å². The van der Waals surface area contributed by atoms with Gasteiger partial charge >= 0.3 is 0 Å². The van der Waals surface area contributed by atoms with Crippen molar-refractivity contribution in [2.24, 2.45) is 4.99 Å². The van der Waals surface area contributed by atoms with E-state index in [1.807, 2.05) is 36.4 Å². The van der Waals surface area contributed by atoms with Crippen molar-refractivity contribution >= 4 is 40.8 Å². The minimum absolute atomic E-state index is 0. The summed E-state index contributed by atoms with van der Waals surface area (Å²) in [6, 6.07) is 20.4. The van der Waals surface area contributed by atoms with E-state index < -0.39 is 0 Å². The van der Waals surface area contributed by atoms with E-state index in [2.05, 4.69) is 63.0 Å². The first-order valence-electron chi connectivity index (χ1n) is 10.8. The number of nitrogens with zero attached hydrogens (tertiary/aromatic N) is 2. The Labute approximate surface area is 211 Å². The van der Waals surface area contributed by atoms with Crippen molar-refractivity contribution in [1.29, 1.82) is 0 Å². The van der Waals surface area contributed by atoms with Crippen LogP contribution in [0.15, 0.2) is 78.0 Å². The highest BCUT2D eigenvalue weighted by molar-refractivity contribution is 14.0. The normalized spacial score (nSPS) is 11.2. The predicted molar refractivity (Wildman–Crippen MR) is 145 cm³/mol. The average molecular weight is 555 g/mol. The van der Waals surface area contributed by atoms with Crippen LogP contribution in [0.3, 0.4) is 0 Å². The van der Waals surface area contributed by atoms with Crippen LogP contribution in [0.2, 0.25) is 0 Å².